The van der Waals surface area contributed by atoms with Crippen molar-refractivity contribution in [3.63, 3.8) is 0 Å². The third-order valence-corrected chi connectivity index (χ3v) is 3.11. The van der Waals surface area contributed by atoms with Crippen LogP contribution in [0.1, 0.15) is 5.56 Å². The van der Waals surface area contributed by atoms with Crippen molar-refractivity contribution in [3.8, 4) is 0 Å². The molecule has 1 aliphatic rings. The summed E-state index contributed by atoms with van der Waals surface area (Å²) in [6.45, 7) is 0. The number of alkyl halides is 3. The van der Waals surface area contributed by atoms with Crippen molar-refractivity contribution in [3.05, 3.63) is 40.9 Å². The quantitative estimate of drug-likeness (QED) is 0.883. The highest BCUT2D eigenvalue weighted by atomic mass is 32.2. The number of hydrogen-bond donors (Lipinski definition) is 1. The van der Waals surface area contributed by atoms with E-state index in [0.717, 1.165) is 6.07 Å². The highest BCUT2D eigenvalue weighted by molar-refractivity contribution is 8.04. The second-order valence-electron chi connectivity index (χ2n) is 3.43. The molecule has 1 heterocycles. The SMILES string of the molecule is O=C1C=C(Nc2ccccc2C(F)(F)F)SC1. The predicted molar refractivity (Wildman–Crippen MR) is 60.6 cm³/mol. The number of ketones is 1. The second kappa shape index (κ2) is 4.44. The van der Waals surface area contributed by atoms with E-state index in [0.29, 0.717) is 5.03 Å². The van der Waals surface area contributed by atoms with E-state index >= 15 is 0 Å². The number of thioether (sulfide) groups is 1. The highest BCUT2D eigenvalue weighted by Crippen LogP contribution is 2.36. The van der Waals surface area contributed by atoms with Crippen LogP contribution < -0.4 is 5.32 Å². The molecule has 0 atom stereocenters. The van der Waals surface area contributed by atoms with Crippen LogP contribution in [0.3, 0.4) is 0 Å². The second-order valence-corrected chi connectivity index (χ2v) is 4.45. The number of carbonyl (C=O) groups excluding carboxylic acids is 1. The van der Waals surface area contributed by atoms with Gasteiger partial charge in [0.2, 0.25) is 0 Å². The zero-order chi connectivity index (χ0) is 12.5. The predicted octanol–water partition coefficient (Wildman–Crippen LogP) is 3.27. The lowest BCUT2D eigenvalue weighted by molar-refractivity contribution is -0.136. The minimum Gasteiger partial charge on any atom is -0.350 e. The van der Waals surface area contributed by atoms with Gasteiger partial charge in [0.1, 0.15) is 0 Å². The van der Waals surface area contributed by atoms with E-state index in [1.807, 2.05) is 0 Å². The number of anilines is 1. The van der Waals surface area contributed by atoms with Gasteiger partial charge in [0.25, 0.3) is 0 Å². The van der Waals surface area contributed by atoms with Gasteiger partial charge < -0.3 is 5.32 Å². The van der Waals surface area contributed by atoms with Crippen molar-refractivity contribution in [2.24, 2.45) is 0 Å². The van der Waals surface area contributed by atoms with Gasteiger partial charge in [-0.2, -0.15) is 13.2 Å². The first-order valence-corrected chi connectivity index (χ1v) is 5.76. The first-order chi connectivity index (χ1) is 7.97. The first kappa shape index (κ1) is 12.0. The van der Waals surface area contributed by atoms with Crippen molar-refractivity contribution < 1.29 is 18.0 Å². The van der Waals surface area contributed by atoms with Crippen molar-refractivity contribution in [2.75, 3.05) is 11.1 Å². The van der Waals surface area contributed by atoms with Gasteiger partial charge in [0, 0.05) is 6.08 Å². The normalized spacial score (nSPS) is 15.9. The standard InChI is InChI=1S/C11H8F3NOS/c12-11(13,14)8-3-1-2-4-9(8)15-10-5-7(16)6-17-10/h1-5,15H,6H2. The van der Waals surface area contributed by atoms with Crippen LogP contribution in [-0.4, -0.2) is 11.5 Å². The molecule has 0 unspecified atom stereocenters. The number of allylic oxidation sites excluding steroid dienone is 1. The number of nitrogens with one attached hydrogen (secondary N) is 1. The molecule has 1 N–H and O–H groups in total. The Hall–Kier alpha value is -1.43. The Morgan fingerprint density at radius 3 is 2.53 bits per heavy atom. The largest absolute Gasteiger partial charge is 0.418 e. The van der Waals surface area contributed by atoms with E-state index in [1.54, 1.807) is 0 Å². The Balaban J connectivity index is 2.27. The Kier molecular flexibility index (Phi) is 3.15. The van der Waals surface area contributed by atoms with Crippen molar-refractivity contribution in [1.29, 1.82) is 0 Å². The van der Waals surface area contributed by atoms with E-state index in [4.69, 9.17) is 0 Å². The van der Waals surface area contributed by atoms with Crippen LogP contribution in [0.5, 0.6) is 0 Å². The zero-order valence-corrected chi connectivity index (χ0v) is 9.36. The maximum atomic E-state index is 12.7. The van der Waals surface area contributed by atoms with E-state index < -0.39 is 11.7 Å². The fourth-order valence-corrected chi connectivity index (χ4v) is 2.20. The van der Waals surface area contributed by atoms with Crippen LogP contribution in [0.25, 0.3) is 0 Å². The smallest absolute Gasteiger partial charge is 0.350 e. The minimum atomic E-state index is -4.41. The molecule has 0 saturated carbocycles. The van der Waals surface area contributed by atoms with E-state index in [1.165, 1.54) is 36.0 Å². The molecule has 0 spiro atoms. The third-order valence-electron chi connectivity index (χ3n) is 2.15. The monoisotopic (exact) mass is 259 g/mol. The molecule has 1 aromatic carbocycles. The van der Waals surface area contributed by atoms with Gasteiger partial charge in [0.05, 0.1) is 22.0 Å². The zero-order valence-electron chi connectivity index (χ0n) is 8.54. The minimum absolute atomic E-state index is 0.0338. The Bertz CT molecular complexity index is 482. The molecule has 2 nitrogen and oxygen atoms in total. The van der Waals surface area contributed by atoms with Crippen LogP contribution in [0.4, 0.5) is 18.9 Å². The number of para-hydroxylation sites is 1. The van der Waals surface area contributed by atoms with Gasteiger partial charge in [-0.15, -0.1) is 11.8 Å². The molecule has 0 radical (unpaired) electrons. The van der Waals surface area contributed by atoms with Gasteiger partial charge in [-0.25, -0.2) is 0 Å². The van der Waals surface area contributed by atoms with Crippen LogP contribution >= 0.6 is 11.8 Å². The van der Waals surface area contributed by atoms with E-state index in [-0.39, 0.29) is 17.2 Å². The van der Waals surface area contributed by atoms with Crippen LogP contribution in [0.15, 0.2) is 35.4 Å². The topological polar surface area (TPSA) is 29.1 Å². The lowest BCUT2D eigenvalue weighted by Gasteiger charge is -2.14. The summed E-state index contributed by atoms with van der Waals surface area (Å²) < 4.78 is 38.0. The third kappa shape index (κ3) is 2.82. The molecule has 6 heteroatoms. The number of rotatable bonds is 2. The Labute approximate surface area is 99.9 Å². The van der Waals surface area contributed by atoms with Crippen LogP contribution in [0, 0.1) is 0 Å². The molecule has 0 saturated heterocycles. The summed E-state index contributed by atoms with van der Waals surface area (Å²) in [6.07, 6.45) is -3.09. The van der Waals surface area contributed by atoms with Gasteiger partial charge in [-0.1, -0.05) is 12.1 Å². The molecular weight excluding hydrogens is 251 g/mol. The fraction of sp³-hybridized carbons (Fsp3) is 0.182. The molecule has 0 aliphatic carbocycles. The Morgan fingerprint density at radius 1 is 1.24 bits per heavy atom. The molecule has 0 aromatic heterocycles. The molecule has 17 heavy (non-hydrogen) atoms. The van der Waals surface area contributed by atoms with E-state index in [2.05, 4.69) is 5.32 Å². The number of hydrogen-bond acceptors (Lipinski definition) is 3. The van der Waals surface area contributed by atoms with E-state index in [9.17, 15) is 18.0 Å². The summed E-state index contributed by atoms with van der Waals surface area (Å²) in [6, 6.07) is 5.19. The summed E-state index contributed by atoms with van der Waals surface area (Å²) in [5, 5.41) is 3.08. The van der Waals surface area contributed by atoms with Crippen LogP contribution in [0.2, 0.25) is 0 Å². The van der Waals surface area contributed by atoms with Gasteiger partial charge in [-0.05, 0) is 12.1 Å². The van der Waals surface area contributed by atoms with Crippen molar-refractivity contribution in [1.82, 2.24) is 0 Å². The summed E-state index contributed by atoms with van der Waals surface area (Å²) >= 11 is 1.20. The first-order valence-electron chi connectivity index (χ1n) is 4.77. The fourth-order valence-electron chi connectivity index (χ4n) is 1.42. The molecule has 1 aromatic rings. The molecule has 0 bridgehead atoms. The molecular formula is C11H8F3NOS. The molecule has 0 fully saturated rings. The van der Waals surface area contributed by atoms with Gasteiger partial charge in [-0.3, -0.25) is 4.79 Å². The maximum Gasteiger partial charge on any atom is 0.418 e. The molecule has 1 aliphatic heterocycles. The molecule has 2 rings (SSSR count). The average Bonchev–Trinajstić information content (AvgIpc) is 2.63. The lowest BCUT2D eigenvalue weighted by atomic mass is 10.1. The summed E-state index contributed by atoms with van der Waals surface area (Å²) in [5.41, 5.74) is -0.769. The number of benzene rings is 1. The van der Waals surface area contributed by atoms with Gasteiger partial charge in [0.15, 0.2) is 5.78 Å². The molecule has 0 amide bonds. The Morgan fingerprint density at radius 2 is 1.94 bits per heavy atom. The lowest BCUT2D eigenvalue weighted by Crippen LogP contribution is -2.09. The van der Waals surface area contributed by atoms with Crippen molar-refractivity contribution in [2.45, 2.75) is 6.18 Å². The van der Waals surface area contributed by atoms with Crippen molar-refractivity contribution >= 4 is 23.2 Å². The number of halogens is 3. The highest BCUT2D eigenvalue weighted by Gasteiger charge is 2.33. The van der Waals surface area contributed by atoms with Gasteiger partial charge >= 0.3 is 6.18 Å². The summed E-state index contributed by atoms with van der Waals surface area (Å²) in [4.78, 5) is 11.0. The maximum absolute atomic E-state index is 12.7. The number of carbonyl (C=O) groups is 1. The summed E-state index contributed by atoms with van der Waals surface area (Å²) in [7, 11) is 0. The summed E-state index contributed by atoms with van der Waals surface area (Å²) in [5.74, 6) is 0.179. The molecule has 90 valence electrons. The van der Waals surface area contributed by atoms with Crippen LogP contribution in [-0.2, 0) is 11.0 Å². The average molecular weight is 259 g/mol.